The molecular weight excluding hydrogens is 574 g/mol. The van der Waals surface area contributed by atoms with Crippen molar-refractivity contribution >= 4 is 32.7 Å². The zero-order valence-electron chi connectivity index (χ0n) is 25.3. The van der Waals surface area contributed by atoms with E-state index in [0.717, 1.165) is 66.3 Å². The number of hydrogen-bond donors (Lipinski definition) is 0. The molecule has 0 N–H and O–H groups in total. The van der Waals surface area contributed by atoms with E-state index in [1.807, 2.05) is 60.7 Å². The quantitative estimate of drug-likeness (QED) is 0.197. The van der Waals surface area contributed by atoms with Crippen LogP contribution in [0.5, 0.6) is 0 Å². The molecule has 0 radical (unpaired) electrons. The molecule has 4 heteroatoms. The Morgan fingerprint density at radius 1 is 0.340 bits per heavy atom. The number of benzene rings is 7. The standard InChI is InChI=1S/C43H27N3O/c1-3-13-28(14-4-1)37-27-33(26-30-17-7-8-20-34(30)37)43-45-41(29-15-5-2-6-16-29)44-42(46-43)32-19-11-18-31(25-32)35-22-12-24-39-40(35)36-21-9-10-23-38(36)47-39/h1-27H. The predicted molar refractivity (Wildman–Crippen MR) is 192 cm³/mol. The summed E-state index contributed by atoms with van der Waals surface area (Å²) in [7, 11) is 0. The van der Waals surface area contributed by atoms with Crippen molar-refractivity contribution in [3.8, 4) is 56.4 Å². The third-order valence-electron chi connectivity index (χ3n) is 8.71. The summed E-state index contributed by atoms with van der Waals surface area (Å²) in [6.07, 6.45) is 0. The Bertz CT molecular complexity index is 2570. The molecule has 2 aromatic heterocycles. The highest BCUT2D eigenvalue weighted by Gasteiger charge is 2.17. The van der Waals surface area contributed by atoms with Gasteiger partial charge in [-0.15, -0.1) is 0 Å². The van der Waals surface area contributed by atoms with Gasteiger partial charge in [0.1, 0.15) is 11.2 Å². The van der Waals surface area contributed by atoms with Crippen molar-refractivity contribution in [1.82, 2.24) is 15.0 Å². The van der Waals surface area contributed by atoms with Crippen molar-refractivity contribution in [2.45, 2.75) is 0 Å². The summed E-state index contributed by atoms with van der Waals surface area (Å²) < 4.78 is 6.20. The maximum atomic E-state index is 6.20. The van der Waals surface area contributed by atoms with E-state index in [9.17, 15) is 0 Å². The van der Waals surface area contributed by atoms with Crippen LogP contribution in [0, 0.1) is 0 Å². The molecule has 47 heavy (non-hydrogen) atoms. The zero-order valence-corrected chi connectivity index (χ0v) is 25.3. The Balaban J connectivity index is 1.24. The first-order valence-corrected chi connectivity index (χ1v) is 15.7. The van der Waals surface area contributed by atoms with Crippen LogP contribution in [0.4, 0.5) is 0 Å². The van der Waals surface area contributed by atoms with E-state index in [4.69, 9.17) is 19.4 Å². The summed E-state index contributed by atoms with van der Waals surface area (Å²) in [5, 5.41) is 4.53. The van der Waals surface area contributed by atoms with Crippen LogP contribution < -0.4 is 0 Å². The second-order valence-corrected chi connectivity index (χ2v) is 11.6. The van der Waals surface area contributed by atoms with Gasteiger partial charge in [-0.05, 0) is 63.4 Å². The van der Waals surface area contributed by atoms with Crippen molar-refractivity contribution in [2.24, 2.45) is 0 Å². The van der Waals surface area contributed by atoms with Crippen molar-refractivity contribution < 1.29 is 4.42 Å². The molecule has 0 saturated heterocycles. The highest BCUT2D eigenvalue weighted by Crippen LogP contribution is 2.38. The Morgan fingerprint density at radius 2 is 0.915 bits per heavy atom. The first-order valence-electron chi connectivity index (χ1n) is 15.7. The molecular formula is C43H27N3O. The van der Waals surface area contributed by atoms with Crippen LogP contribution >= 0.6 is 0 Å². The molecule has 9 aromatic rings. The summed E-state index contributed by atoms with van der Waals surface area (Å²) >= 11 is 0. The summed E-state index contributed by atoms with van der Waals surface area (Å²) in [4.78, 5) is 15.2. The van der Waals surface area contributed by atoms with Crippen LogP contribution in [0.15, 0.2) is 168 Å². The van der Waals surface area contributed by atoms with Gasteiger partial charge >= 0.3 is 0 Å². The fraction of sp³-hybridized carbons (Fsp3) is 0. The fourth-order valence-electron chi connectivity index (χ4n) is 6.49. The third-order valence-corrected chi connectivity index (χ3v) is 8.71. The summed E-state index contributed by atoms with van der Waals surface area (Å²) in [6, 6.07) is 56.3. The van der Waals surface area contributed by atoms with E-state index in [0.29, 0.717) is 17.5 Å². The van der Waals surface area contributed by atoms with Gasteiger partial charge in [-0.2, -0.15) is 0 Å². The van der Waals surface area contributed by atoms with Gasteiger partial charge in [-0.3, -0.25) is 0 Å². The highest BCUT2D eigenvalue weighted by atomic mass is 16.3. The number of rotatable bonds is 5. The third kappa shape index (κ3) is 4.84. The smallest absolute Gasteiger partial charge is 0.164 e. The van der Waals surface area contributed by atoms with Gasteiger partial charge in [0, 0.05) is 27.5 Å². The van der Waals surface area contributed by atoms with Gasteiger partial charge in [-0.1, -0.05) is 133 Å². The molecule has 0 spiro atoms. The van der Waals surface area contributed by atoms with E-state index < -0.39 is 0 Å². The lowest BCUT2D eigenvalue weighted by Gasteiger charge is -2.13. The molecule has 0 aliphatic rings. The average molecular weight is 602 g/mol. The average Bonchev–Trinajstić information content (AvgIpc) is 3.54. The Morgan fingerprint density at radius 3 is 1.72 bits per heavy atom. The molecule has 0 atom stereocenters. The van der Waals surface area contributed by atoms with Gasteiger partial charge in [0.2, 0.25) is 0 Å². The fourth-order valence-corrected chi connectivity index (χ4v) is 6.49. The summed E-state index contributed by atoms with van der Waals surface area (Å²) in [5.74, 6) is 1.88. The highest BCUT2D eigenvalue weighted by molar-refractivity contribution is 6.12. The van der Waals surface area contributed by atoms with E-state index in [1.54, 1.807) is 0 Å². The molecule has 9 rings (SSSR count). The minimum Gasteiger partial charge on any atom is -0.456 e. The lowest BCUT2D eigenvalue weighted by atomic mass is 9.95. The Labute approximate surface area is 271 Å². The molecule has 7 aromatic carbocycles. The second-order valence-electron chi connectivity index (χ2n) is 11.6. The van der Waals surface area contributed by atoms with Gasteiger partial charge in [-0.25, -0.2) is 15.0 Å². The minimum absolute atomic E-state index is 0.620. The van der Waals surface area contributed by atoms with Crippen molar-refractivity contribution in [2.75, 3.05) is 0 Å². The van der Waals surface area contributed by atoms with E-state index in [2.05, 4.69) is 103 Å². The lowest BCUT2D eigenvalue weighted by Crippen LogP contribution is -2.00. The summed E-state index contributed by atoms with van der Waals surface area (Å²) in [6.45, 7) is 0. The van der Waals surface area contributed by atoms with E-state index >= 15 is 0 Å². The number of fused-ring (bicyclic) bond motifs is 4. The van der Waals surface area contributed by atoms with Crippen molar-refractivity contribution in [1.29, 1.82) is 0 Å². The molecule has 0 bridgehead atoms. The first-order chi connectivity index (χ1) is 23.3. The predicted octanol–water partition coefficient (Wildman–Crippen LogP) is 11.3. The van der Waals surface area contributed by atoms with Crippen LogP contribution in [0.3, 0.4) is 0 Å². The van der Waals surface area contributed by atoms with Crippen molar-refractivity contribution in [3.63, 3.8) is 0 Å². The minimum atomic E-state index is 0.620. The molecule has 0 unspecified atom stereocenters. The normalized spacial score (nSPS) is 11.4. The number of para-hydroxylation sites is 1. The van der Waals surface area contributed by atoms with E-state index in [-0.39, 0.29) is 0 Å². The lowest BCUT2D eigenvalue weighted by molar-refractivity contribution is 0.669. The molecule has 0 saturated carbocycles. The van der Waals surface area contributed by atoms with Crippen LogP contribution in [0.2, 0.25) is 0 Å². The van der Waals surface area contributed by atoms with Gasteiger partial charge in [0.25, 0.3) is 0 Å². The number of aromatic nitrogens is 3. The molecule has 0 amide bonds. The molecule has 0 aliphatic carbocycles. The maximum absolute atomic E-state index is 6.20. The van der Waals surface area contributed by atoms with E-state index in [1.165, 1.54) is 5.39 Å². The number of hydrogen-bond acceptors (Lipinski definition) is 4. The van der Waals surface area contributed by atoms with Gasteiger partial charge in [0.05, 0.1) is 0 Å². The monoisotopic (exact) mass is 601 g/mol. The Hall–Kier alpha value is -6.39. The summed E-state index contributed by atoms with van der Waals surface area (Å²) in [5.41, 5.74) is 9.01. The Kier molecular flexibility index (Phi) is 6.43. The zero-order chi connectivity index (χ0) is 31.2. The van der Waals surface area contributed by atoms with Crippen LogP contribution in [0.25, 0.3) is 89.1 Å². The number of nitrogens with zero attached hydrogens (tertiary/aromatic N) is 3. The van der Waals surface area contributed by atoms with Crippen LogP contribution in [0.1, 0.15) is 0 Å². The largest absolute Gasteiger partial charge is 0.456 e. The van der Waals surface area contributed by atoms with Gasteiger partial charge < -0.3 is 4.42 Å². The molecule has 4 nitrogen and oxygen atoms in total. The molecule has 0 fully saturated rings. The molecule has 220 valence electrons. The topological polar surface area (TPSA) is 51.8 Å². The molecule has 0 aliphatic heterocycles. The number of furan rings is 1. The first kappa shape index (κ1) is 27.0. The SMILES string of the molecule is c1ccc(-c2nc(-c3cccc(-c4cccc5oc6ccccc6c45)c3)nc(-c3cc(-c4ccccc4)c4ccccc4c3)n2)cc1. The van der Waals surface area contributed by atoms with Crippen LogP contribution in [-0.2, 0) is 0 Å². The van der Waals surface area contributed by atoms with Gasteiger partial charge in [0.15, 0.2) is 17.5 Å². The second kappa shape index (κ2) is 11.2. The van der Waals surface area contributed by atoms with Crippen LogP contribution in [-0.4, -0.2) is 15.0 Å². The molecule has 2 heterocycles. The maximum Gasteiger partial charge on any atom is 0.164 e. The van der Waals surface area contributed by atoms with Crippen molar-refractivity contribution in [3.05, 3.63) is 164 Å².